The van der Waals surface area contributed by atoms with Crippen molar-refractivity contribution in [1.82, 2.24) is 19.7 Å². The fourth-order valence-corrected chi connectivity index (χ4v) is 2.74. The van der Waals surface area contributed by atoms with Crippen molar-refractivity contribution in [3.8, 4) is 5.88 Å². The Morgan fingerprint density at radius 3 is 2.71 bits per heavy atom. The number of rotatable bonds is 4. The smallest absolute Gasteiger partial charge is 0.253 e. The molecule has 6 heteroatoms. The SMILES string of the molecule is COc1nc(C)cc(C)c1CNC(=O)c1ccc2nc(C)cn2c1. The summed E-state index contributed by atoms with van der Waals surface area (Å²) in [5.41, 5.74) is 5.14. The lowest BCUT2D eigenvalue weighted by atomic mass is 10.1. The number of nitrogens with one attached hydrogen (secondary N) is 1. The number of amides is 1. The molecular weight excluding hydrogens is 304 g/mol. The number of pyridine rings is 2. The van der Waals surface area contributed by atoms with E-state index in [4.69, 9.17) is 4.74 Å². The summed E-state index contributed by atoms with van der Waals surface area (Å²) in [6.45, 7) is 6.19. The molecule has 0 fully saturated rings. The van der Waals surface area contributed by atoms with Gasteiger partial charge in [-0.1, -0.05) is 0 Å². The van der Waals surface area contributed by atoms with Crippen LogP contribution in [-0.2, 0) is 6.54 Å². The normalized spacial score (nSPS) is 10.8. The van der Waals surface area contributed by atoms with Crippen molar-refractivity contribution in [2.45, 2.75) is 27.3 Å². The lowest BCUT2D eigenvalue weighted by Crippen LogP contribution is -2.24. The summed E-state index contributed by atoms with van der Waals surface area (Å²) in [4.78, 5) is 21.2. The molecule has 3 heterocycles. The Hall–Kier alpha value is -2.89. The second-order valence-electron chi connectivity index (χ2n) is 5.82. The van der Waals surface area contributed by atoms with Gasteiger partial charge in [0.05, 0.1) is 18.4 Å². The standard InChI is InChI=1S/C18H20N4O2/c1-11-7-12(2)21-18(24-4)15(11)8-19-17(23)14-5-6-16-20-13(3)9-22(16)10-14/h5-7,9-10H,8H2,1-4H3,(H,19,23). The number of imidazole rings is 1. The second-order valence-corrected chi connectivity index (χ2v) is 5.82. The minimum atomic E-state index is -0.148. The van der Waals surface area contributed by atoms with E-state index in [1.807, 2.05) is 43.5 Å². The Kier molecular flexibility index (Phi) is 4.20. The number of aryl methyl sites for hydroxylation is 3. The van der Waals surface area contributed by atoms with Crippen LogP contribution in [0, 0.1) is 20.8 Å². The summed E-state index contributed by atoms with van der Waals surface area (Å²) in [7, 11) is 1.59. The highest BCUT2D eigenvalue weighted by Gasteiger charge is 2.12. The minimum Gasteiger partial charge on any atom is -0.481 e. The molecule has 124 valence electrons. The summed E-state index contributed by atoms with van der Waals surface area (Å²) in [5.74, 6) is 0.402. The Morgan fingerprint density at radius 2 is 1.96 bits per heavy atom. The van der Waals surface area contributed by atoms with Gasteiger partial charge in [-0.05, 0) is 44.5 Å². The third kappa shape index (κ3) is 3.08. The summed E-state index contributed by atoms with van der Waals surface area (Å²) < 4.78 is 7.18. The molecule has 0 aromatic carbocycles. The molecule has 0 bridgehead atoms. The first-order valence-corrected chi connectivity index (χ1v) is 7.72. The van der Waals surface area contributed by atoms with Gasteiger partial charge in [0.2, 0.25) is 5.88 Å². The first-order chi connectivity index (χ1) is 11.5. The van der Waals surface area contributed by atoms with E-state index in [1.54, 1.807) is 19.4 Å². The van der Waals surface area contributed by atoms with Crippen LogP contribution >= 0.6 is 0 Å². The van der Waals surface area contributed by atoms with Crippen molar-refractivity contribution in [3.05, 3.63) is 58.7 Å². The van der Waals surface area contributed by atoms with Gasteiger partial charge in [-0.2, -0.15) is 0 Å². The molecule has 3 aromatic rings. The average molecular weight is 324 g/mol. The van der Waals surface area contributed by atoms with Crippen LogP contribution < -0.4 is 10.1 Å². The van der Waals surface area contributed by atoms with E-state index < -0.39 is 0 Å². The third-order valence-electron chi connectivity index (χ3n) is 3.89. The fraction of sp³-hybridized carbons (Fsp3) is 0.278. The summed E-state index contributed by atoms with van der Waals surface area (Å²) >= 11 is 0. The lowest BCUT2D eigenvalue weighted by molar-refractivity contribution is 0.0950. The highest BCUT2D eigenvalue weighted by molar-refractivity contribution is 5.94. The van der Waals surface area contributed by atoms with Crippen LogP contribution in [0.1, 0.15) is 32.9 Å². The molecule has 0 radical (unpaired) electrons. The molecule has 3 rings (SSSR count). The van der Waals surface area contributed by atoms with Gasteiger partial charge in [0.1, 0.15) is 5.65 Å². The molecule has 0 aliphatic heterocycles. The van der Waals surface area contributed by atoms with Crippen LogP contribution in [0.4, 0.5) is 0 Å². The number of carbonyl (C=O) groups is 1. The van der Waals surface area contributed by atoms with Crippen LogP contribution in [0.2, 0.25) is 0 Å². The maximum atomic E-state index is 12.4. The van der Waals surface area contributed by atoms with E-state index in [2.05, 4.69) is 15.3 Å². The lowest BCUT2D eigenvalue weighted by Gasteiger charge is -2.13. The minimum absolute atomic E-state index is 0.148. The Morgan fingerprint density at radius 1 is 1.17 bits per heavy atom. The van der Waals surface area contributed by atoms with Crippen molar-refractivity contribution in [1.29, 1.82) is 0 Å². The molecule has 0 saturated carbocycles. The summed E-state index contributed by atoms with van der Waals surface area (Å²) in [6.07, 6.45) is 3.67. The van der Waals surface area contributed by atoms with Crippen molar-refractivity contribution < 1.29 is 9.53 Å². The van der Waals surface area contributed by atoms with Gasteiger partial charge < -0.3 is 14.5 Å². The molecule has 24 heavy (non-hydrogen) atoms. The monoisotopic (exact) mass is 324 g/mol. The highest BCUT2D eigenvalue weighted by Crippen LogP contribution is 2.20. The Labute approximate surface area is 140 Å². The number of nitrogens with zero attached hydrogens (tertiary/aromatic N) is 3. The van der Waals surface area contributed by atoms with E-state index in [0.717, 1.165) is 28.2 Å². The molecule has 0 aliphatic rings. The van der Waals surface area contributed by atoms with Crippen molar-refractivity contribution in [2.75, 3.05) is 7.11 Å². The number of hydrogen-bond donors (Lipinski definition) is 1. The summed E-state index contributed by atoms with van der Waals surface area (Å²) in [6, 6.07) is 5.58. The van der Waals surface area contributed by atoms with Crippen molar-refractivity contribution in [2.24, 2.45) is 0 Å². The maximum Gasteiger partial charge on any atom is 0.253 e. The molecule has 1 N–H and O–H groups in total. The van der Waals surface area contributed by atoms with Crippen LogP contribution in [0.15, 0.2) is 30.6 Å². The largest absolute Gasteiger partial charge is 0.481 e. The molecule has 1 amide bonds. The van der Waals surface area contributed by atoms with Gasteiger partial charge >= 0.3 is 0 Å². The van der Waals surface area contributed by atoms with E-state index in [-0.39, 0.29) is 5.91 Å². The van der Waals surface area contributed by atoms with Crippen LogP contribution in [0.3, 0.4) is 0 Å². The quantitative estimate of drug-likeness (QED) is 0.801. The van der Waals surface area contributed by atoms with E-state index in [9.17, 15) is 4.79 Å². The van der Waals surface area contributed by atoms with Gasteiger partial charge in [0.15, 0.2) is 0 Å². The number of hydrogen-bond acceptors (Lipinski definition) is 4. The number of ether oxygens (including phenoxy) is 1. The van der Waals surface area contributed by atoms with Gasteiger partial charge in [0.25, 0.3) is 5.91 Å². The van der Waals surface area contributed by atoms with Gasteiger partial charge in [-0.15, -0.1) is 0 Å². The number of methoxy groups -OCH3 is 1. The zero-order valence-corrected chi connectivity index (χ0v) is 14.3. The zero-order chi connectivity index (χ0) is 17.3. The second kappa shape index (κ2) is 6.31. The maximum absolute atomic E-state index is 12.4. The number of carbonyl (C=O) groups excluding carboxylic acids is 1. The van der Waals surface area contributed by atoms with Gasteiger partial charge in [-0.3, -0.25) is 4.79 Å². The molecule has 0 unspecified atom stereocenters. The molecule has 0 spiro atoms. The topological polar surface area (TPSA) is 68.5 Å². The van der Waals surface area contributed by atoms with Crippen LogP contribution in [-0.4, -0.2) is 27.4 Å². The van der Waals surface area contributed by atoms with E-state index >= 15 is 0 Å². The highest BCUT2D eigenvalue weighted by atomic mass is 16.5. The van der Waals surface area contributed by atoms with Gasteiger partial charge in [0, 0.05) is 30.2 Å². The Bertz CT molecular complexity index is 915. The third-order valence-corrected chi connectivity index (χ3v) is 3.89. The zero-order valence-electron chi connectivity index (χ0n) is 14.3. The average Bonchev–Trinajstić information content (AvgIpc) is 2.92. The van der Waals surface area contributed by atoms with Crippen molar-refractivity contribution >= 4 is 11.6 Å². The molecule has 6 nitrogen and oxygen atoms in total. The fourth-order valence-electron chi connectivity index (χ4n) is 2.74. The summed E-state index contributed by atoms with van der Waals surface area (Å²) in [5, 5.41) is 2.93. The van der Waals surface area contributed by atoms with Crippen LogP contribution in [0.5, 0.6) is 5.88 Å². The predicted molar refractivity (Wildman–Crippen MR) is 91.4 cm³/mol. The molecule has 0 saturated heterocycles. The van der Waals surface area contributed by atoms with E-state index in [0.29, 0.717) is 18.0 Å². The van der Waals surface area contributed by atoms with Crippen molar-refractivity contribution in [3.63, 3.8) is 0 Å². The Balaban J connectivity index is 1.79. The van der Waals surface area contributed by atoms with Crippen LogP contribution in [0.25, 0.3) is 5.65 Å². The molecule has 0 atom stereocenters. The molecule has 3 aromatic heterocycles. The number of aromatic nitrogens is 3. The predicted octanol–water partition coefficient (Wildman–Crippen LogP) is 2.59. The molecular formula is C18H20N4O2. The number of fused-ring (bicyclic) bond motifs is 1. The van der Waals surface area contributed by atoms with Gasteiger partial charge in [-0.25, -0.2) is 9.97 Å². The first-order valence-electron chi connectivity index (χ1n) is 7.72. The molecule has 0 aliphatic carbocycles. The first kappa shape index (κ1) is 16.0. The van der Waals surface area contributed by atoms with E-state index in [1.165, 1.54) is 0 Å².